The number of carbonyl (C=O) groups is 1. The summed E-state index contributed by atoms with van der Waals surface area (Å²) in [5, 5.41) is 4.39. The third-order valence-corrected chi connectivity index (χ3v) is 6.14. The first kappa shape index (κ1) is 19.0. The molecule has 9 heteroatoms. The molecule has 5 rings (SSSR count). The summed E-state index contributed by atoms with van der Waals surface area (Å²) in [5.41, 5.74) is 1.90. The van der Waals surface area contributed by atoms with E-state index in [0.717, 1.165) is 36.6 Å². The number of hydrogen-bond donors (Lipinski definition) is 2. The molecule has 1 aliphatic rings. The third-order valence-electron chi connectivity index (χ3n) is 5.93. The molecule has 1 fully saturated rings. The normalized spacial score (nSPS) is 19.4. The molecule has 0 spiro atoms. The topological polar surface area (TPSA) is 88.5 Å². The van der Waals surface area contributed by atoms with Crippen LogP contribution in [0.3, 0.4) is 0 Å². The van der Waals surface area contributed by atoms with Crippen molar-refractivity contribution in [3.05, 3.63) is 41.7 Å². The zero-order valence-electron chi connectivity index (χ0n) is 16.3. The fourth-order valence-corrected chi connectivity index (χ4v) is 4.63. The molecule has 0 saturated heterocycles. The number of aromatic amines is 1. The standard InChI is InChI=1S/C21H20ClFN6O/c1-24-21(30)12-4-2-3-5-17(12)29-10-16(23)15-9-27-19(28-20(15)29)14-8-26-18-13(14)6-11(22)7-25-18/h6-10,12,17H,2-5H2,1H3,(H,24,30)(H,25,26)/t12-,17?/m1/s1. The van der Waals surface area contributed by atoms with Crippen molar-refractivity contribution in [3.63, 3.8) is 0 Å². The van der Waals surface area contributed by atoms with Gasteiger partial charge in [-0.1, -0.05) is 24.4 Å². The van der Waals surface area contributed by atoms with Crippen molar-refractivity contribution in [1.29, 1.82) is 0 Å². The number of pyridine rings is 1. The summed E-state index contributed by atoms with van der Waals surface area (Å²) in [6, 6.07) is 1.65. The zero-order chi connectivity index (χ0) is 20.8. The van der Waals surface area contributed by atoms with Crippen LogP contribution in [0.4, 0.5) is 4.39 Å². The molecule has 2 atom stereocenters. The van der Waals surface area contributed by atoms with Gasteiger partial charge in [-0.3, -0.25) is 4.79 Å². The molecule has 0 aromatic carbocycles. The van der Waals surface area contributed by atoms with E-state index < -0.39 is 0 Å². The van der Waals surface area contributed by atoms with Gasteiger partial charge in [0.1, 0.15) is 11.3 Å². The fourth-order valence-electron chi connectivity index (χ4n) is 4.47. The molecule has 4 heterocycles. The second kappa shape index (κ2) is 7.36. The van der Waals surface area contributed by atoms with Crippen LogP contribution < -0.4 is 5.32 Å². The van der Waals surface area contributed by atoms with E-state index in [-0.39, 0.29) is 23.7 Å². The van der Waals surface area contributed by atoms with Crippen molar-refractivity contribution in [2.45, 2.75) is 31.7 Å². The molecule has 4 aromatic heterocycles. The molecule has 154 valence electrons. The number of amides is 1. The van der Waals surface area contributed by atoms with Gasteiger partial charge in [-0.05, 0) is 18.9 Å². The summed E-state index contributed by atoms with van der Waals surface area (Å²) in [7, 11) is 1.64. The molecule has 2 N–H and O–H groups in total. The minimum atomic E-state index is -0.388. The van der Waals surface area contributed by atoms with E-state index in [0.29, 0.717) is 27.5 Å². The smallest absolute Gasteiger partial charge is 0.224 e. The maximum Gasteiger partial charge on any atom is 0.224 e. The van der Waals surface area contributed by atoms with E-state index in [2.05, 4.69) is 20.3 Å². The lowest BCUT2D eigenvalue weighted by Gasteiger charge is -2.31. The molecule has 0 bridgehead atoms. The van der Waals surface area contributed by atoms with Gasteiger partial charge in [-0.25, -0.2) is 19.3 Å². The molecule has 0 aliphatic heterocycles. The van der Waals surface area contributed by atoms with Crippen molar-refractivity contribution < 1.29 is 9.18 Å². The second-order valence-corrected chi connectivity index (χ2v) is 8.08. The lowest BCUT2D eigenvalue weighted by Crippen LogP contribution is -2.36. The first-order chi connectivity index (χ1) is 14.6. The van der Waals surface area contributed by atoms with Crippen LogP contribution in [0, 0.1) is 11.7 Å². The van der Waals surface area contributed by atoms with Crippen molar-refractivity contribution in [3.8, 4) is 11.4 Å². The van der Waals surface area contributed by atoms with Crippen molar-refractivity contribution in [2.24, 2.45) is 5.92 Å². The maximum atomic E-state index is 14.7. The lowest BCUT2D eigenvalue weighted by atomic mass is 9.83. The highest BCUT2D eigenvalue weighted by atomic mass is 35.5. The number of nitrogens with zero attached hydrogens (tertiary/aromatic N) is 4. The Morgan fingerprint density at radius 3 is 2.93 bits per heavy atom. The molecule has 0 radical (unpaired) electrons. The highest BCUT2D eigenvalue weighted by molar-refractivity contribution is 6.31. The Balaban J connectivity index is 1.65. The zero-order valence-corrected chi connectivity index (χ0v) is 17.1. The predicted octanol–water partition coefficient (Wildman–Crippen LogP) is 4.24. The van der Waals surface area contributed by atoms with Gasteiger partial charge in [0.25, 0.3) is 0 Å². The van der Waals surface area contributed by atoms with Gasteiger partial charge in [0.2, 0.25) is 5.91 Å². The van der Waals surface area contributed by atoms with Crippen LogP contribution in [-0.4, -0.2) is 37.5 Å². The Morgan fingerprint density at radius 2 is 2.10 bits per heavy atom. The molecule has 1 aliphatic carbocycles. The van der Waals surface area contributed by atoms with Gasteiger partial charge in [-0.2, -0.15) is 0 Å². The van der Waals surface area contributed by atoms with Crippen LogP contribution in [-0.2, 0) is 4.79 Å². The number of hydrogen-bond acceptors (Lipinski definition) is 4. The maximum absolute atomic E-state index is 14.7. The van der Waals surface area contributed by atoms with Gasteiger partial charge in [0.05, 0.1) is 16.3 Å². The van der Waals surface area contributed by atoms with Crippen molar-refractivity contribution in [1.82, 2.24) is 29.8 Å². The summed E-state index contributed by atoms with van der Waals surface area (Å²) in [6.07, 6.45) is 9.83. The van der Waals surface area contributed by atoms with E-state index in [4.69, 9.17) is 16.6 Å². The average Bonchev–Trinajstić information content (AvgIpc) is 3.33. The van der Waals surface area contributed by atoms with Crippen LogP contribution in [0.25, 0.3) is 33.5 Å². The summed E-state index contributed by atoms with van der Waals surface area (Å²) in [6.45, 7) is 0. The van der Waals surface area contributed by atoms with E-state index in [9.17, 15) is 9.18 Å². The van der Waals surface area contributed by atoms with Crippen LogP contribution in [0.15, 0.2) is 30.9 Å². The van der Waals surface area contributed by atoms with Crippen LogP contribution in [0.5, 0.6) is 0 Å². The lowest BCUT2D eigenvalue weighted by molar-refractivity contribution is -0.126. The molecular weight excluding hydrogens is 407 g/mol. The minimum Gasteiger partial charge on any atom is -0.359 e. The number of carbonyl (C=O) groups excluding carboxylic acids is 1. The molecule has 7 nitrogen and oxygen atoms in total. The summed E-state index contributed by atoms with van der Waals surface area (Å²) < 4.78 is 16.5. The largest absolute Gasteiger partial charge is 0.359 e. The quantitative estimate of drug-likeness (QED) is 0.512. The van der Waals surface area contributed by atoms with Gasteiger partial charge < -0.3 is 14.9 Å². The first-order valence-corrected chi connectivity index (χ1v) is 10.3. The Hall–Kier alpha value is -3.00. The van der Waals surface area contributed by atoms with Crippen molar-refractivity contribution in [2.75, 3.05) is 7.05 Å². The van der Waals surface area contributed by atoms with Crippen molar-refractivity contribution >= 4 is 39.6 Å². The summed E-state index contributed by atoms with van der Waals surface area (Å²) in [5.74, 6) is -0.173. The molecule has 4 aromatic rings. The van der Waals surface area contributed by atoms with Gasteiger partial charge in [0.15, 0.2) is 11.6 Å². The molecule has 1 unspecified atom stereocenters. The predicted molar refractivity (Wildman–Crippen MR) is 113 cm³/mol. The SMILES string of the molecule is CNC(=O)[C@@H]1CCCCC1n1cc(F)c2cnc(-c3c[nH]c4ncc(Cl)cc34)nc21. The highest BCUT2D eigenvalue weighted by Crippen LogP contribution is 2.37. The van der Waals surface area contributed by atoms with Gasteiger partial charge >= 0.3 is 0 Å². The Labute approximate surface area is 176 Å². The highest BCUT2D eigenvalue weighted by Gasteiger charge is 2.33. The summed E-state index contributed by atoms with van der Waals surface area (Å²) in [4.78, 5) is 28.9. The summed E-state index contributed by atoms with van der Waals surface area (Å²) >= 11 is 6.11. The van der Waals surface area contributed by atoms with E-state index in [1.165, 1.54) is 12.4 Å². The Bertz CT molecular complexity index is 1270. The molecule has 30 heavy (non-hydrogen) atoms. The van der Waals surface area contributed by atoms with Gasteiger partial charge in [-0.15, -0.1) is 0 Å². The number of rotatable bonds is 3. The first-order valence-electron chi connectivity index (χ1n) is 9.94. The number of nitrogens with one attached hydrogen (secondary N) is 2. The van der Waals surface area contributed by atoms with Crippen LogP contribution in [0.2, 0.25) is 5.02 Å². The van der Waals surface area contributed by atoms with E-state index in [1.54, 1.807) is 25.5 Å². The number of aromatic nitrogens is 5. The molecule has 1 amide bonds. The van der Waals surface area contributed by atoms with Gasteiger partial charge in [0, 0.05) is 48.8 Å². The minimum absolute atomic E-state index is 0.0198. The van der Waals surface area contributed by atoms with E-state index >= 15 is 0 Å². The molecular formula is C21H20ClFN6O. The Kier molecular flexibility index (Phi) is 4.66. The number of halogens is 2. The number of H-pyrrole nitrogens is 1. The monoisotopic (exact) mass is 426 g/mol. The Morgan fingerprint density at radius 1 is 1.27 bits per heavy atom. The third kappa shape index (κ3) is 3.02. The fraction of sp³-hybridized carbons (Fsp3) is 0.333. The van der Waals surface area contributed by atoms with E-state index in [1.807, 2.05) is 4.57 Å². The average molecular weight is 427 g/mol. The van der Waals surface area contributed by atoms with Crippen LogP contribution >= 0.6 is 11.6 Å². The number of fused-ring (bicyclic) bond motifs is 2. The second-order valence-electron chi connectivity index (χ2n) is 7.64. The van der Waals surface area contributed by atoms with Crippen LogP contribution in [0.1, 0.15) is 31.7 Å². The molecule has 1 saturated carbocycles.